The fourth-order valence-corrected chi connectivity index (χ4v) is 3.15. The summed E-state index contributed by atoms with van der Waals surface area (Å²) in [6, 6.07) is 0. The van der Waals surface area contributed by atoms with Gasteiger partial charge in [-0.15, -0.1) is 0 Å². The van der Waals surface area contributed by atoms with Gasteiger partial charge in [-0.05, 0) is 44.7 Å². The van der Waals surface area contributed by atoms with Crippen LogP contribution in [0, 0.1) is 11.3 Å². The van der Waals surface area contributed by atoms with Gasteiger partial charge >= 0.3 is 5.97 Å². The molecule has 1 heterocycles. The molecule has 2 fully saturated rings. The Kier molecular flexibility index (Phi) is 2.77. The minimum atomic E-state index is -0.550. The van der Waals surface area contributed by atoms with E-state index in [1.54, 1.807) is 0 Å². The molecule has 0 amide bonds. The highest BCUT2D eigenvalue weighted by atomic mass is 16.4. The standard InChI is InChI=1S/C11H19NO2/c13-10(14)11(5-7-12-8-6-11)9-3-1-2-4-9/h9,12H,1-8H2,(H,13,14). The zero-order chi connectivity index (χ0) is 10.0. The van der Waals surface area contributed by atoms with Crippen molar-refractivity contribution in [1.29, 1.82) is 0 Å². The Morgan fingerprint density at radius 1 is 1.21 bits per heavy atom. The van der Waals surface area contributed by atoms with Gasteiger partial charge in [0.2, 0.25) is 0 Å². The quantitative estimate of drug-likeness (QED) is 0.707. The van der Waals surface area contributed by atoms with E-state index in [1.807, 2.05) is 0 Å². The topological polar surface area (TPSA) is 49.3 Å². The van der Waals surface area contributed by atoms with Crippen molar-refractivity contribution in [2.45, 2.75) is 38.5 Å². The predicted molar refractivity (Wildman–Crippen MR) is 54.1 cm³/mol. The van der Waals surface area contributed by atoms with E-state index in [1.165, 1.54) is 12.8 Å². The molecule has 0 spiro atoms. The van der Waals surface area contributed by atoms with Crippen molar-refractivity contribution < 1.29 is 9.90 Å². The number of aliphatic carboxylic acids is 1. The molecule has 1 aliphatic heterocycles. The zero-order valence-corrected chi connectivity index (χ0v) is 8.59. The summed E-state index contributed by atoms with van der Waals surface area (Å²) in [5.74, 6) is -0.104. The van der Waals surface area contributed by atoms with E-state index in [0.29, 0.717) is 5.92 Å². The molecule has 2 rings (SSSR count). The summed E-state index contributed by atoms with van der Waals surface area (Å²) in [6.45, 7) is 1.76. The lowest BCUT2D eigenvalue weighted by Crippen LogP contribution is -2.46. The van der Waals surface area contributed by atoms with Crippen molar-refractivity contribution in [1.82, 2.24) is 5.32 Å². The summed E-state index contributed by atoms with van der Waals surface area (Å²) in [7, 11) is 0. The SMILES string of the molecule is O=C(O)C1(C2CCCC2)CCNCC1. The van der Waals surface area contributed by atoms with Gasteiger partial charge in [0.15, 0.2) is 0 Å². The van der Waals surface area contributed by atoms with Gasteiger partial charge in [-0.25, -0.2) is 0 Å². The average molecular weight is 197 g/mol. The Hall–Kier alpha value is -0.570. The van der Waals surface area contributed by atoms with Crippen LogP contribution in [0.3, 0.4) is 0 Å². The van der Waals surface area contributed by atoms with E-state index in [9.17, 15) is 9.90 Å². The molecule has 0 aromatic rings. The van der Waals surface area contributed by atoms with Crippen LogP contribution in [0.25, 0.3) is 0 Å². The lowest BCUT2D eigenvalue weighted by atomic mass is 9.68. The molecule has 0 aromatic carbocycles. The lowest BCUT2D eigenvalue weighted by molar-refractivity contribution is -0.154. The van der Waals surface area contributed by atoms with E-state index < -0.39 is 5.97 Å². The molecule has 2 N–H and O–H groups in total. The number of carboxylic acid groups (broad SMARTS) is 1. The number of hydrogen-bond acceptors (Lipinski definition) is 2. The lowest BCUT2D eigenvalue weighted by Gasteiger charge is -2.38. The summed E-state index contributed by atoms with van der Waals surface area (Å²) >= 11 is 0. The minimum absolute atomic E-state index is 0.387. The molecule has 0 atom stereocenters. The highest BCUT2D eigenvalue weighted by molar-refractivity contribution is 5.75. The van der Waals surface area contributed by atoms with E-state index in [-0.39, 0.29) is 5.41 Å². The maximum Gasteiger partial charge on any atom is 0.310 e. The second kappa shape index (κ2) is 3.89. The normalized spacial score (nSPS) is 27.7. The first-order valence-electron chi connectivity index (χ1n) is 5.70. The Balaban J connectivity index is 2.15. The monoisotopic (exact) mass is 197 g/mol. The van der Waals surface area contributed by atoms with E-state index in [0.717, 1.165) is 38.8 Å². The second-order valence-corrected chi connectivity index (χ2v) is 4.69. The molecule has 0 aromatic heterocycles. The maximum absolute atomic E-state index is 11.4. The first kappa shape index (κ1) is 9.97. The Bertz CT molecular complexity index is 215. The first-order chi connectivity index (χ1) is 6.76. The molecule has 3 nitrogen and oxygen atoms in total. The number of carboxylic acids is 1. The molecule has 14 heavy (non-hydrogen) atoms. The summed E-state index contributed by atoms with van der Waals surface area (Å²) < 4.78 is 0. The van der Waals surface area contributed by atoms with Crippen molar-refractivity contribution in [3.8, 4) is 0 Å². The molecule has 0 bridgehead atoms. The number of piperidine rings is 1. The van der Waals surface area contributed by atoms with Gasteiger partial charge in [-0.1, -0.05) is 12.8 Å². The zero-order valence-electron chi connectivity index (χ0n) is 8.59. The largest absolute Gasteiger partial charge is 0.481 e. The van der Waals surface area contributed by atoms with Gasteiger partial charge in [0.1, 0.15) is 0 Å². The molecule has 80 valence electrons. The van der Waals surface area contributed by atoms with Crippen LogP contribution in [0.2, 0.25) is 0 Å². The number of hydrogen-bond donors (Lipinski definition) is 2. The predicted octanol–water partition coefficient (Wildman–Crippen LogP) is 1.63. The third-order valence-corrected chi connectivity index (χ3v) is 4.06. The highest BCUT2D eigenvalue weighted by Crippen LogP contribution is 2.45. The number of carbonyl (C=O) groups is 1. The van der Waals surface area contributed by atoms with Crippen LogP contribution >= 0.6 is 0 Å². The van der Waals surface area contributed by atoms with Gasteiger partial charge in [0.25, 0.3) is 0 Å². The van der Waals surface area contributed by atoms with Crippen LogP contribution in [-0.4, -0.2) is 24.2 Å². The Morgan fingerprint density at radius 3 is 2.29 bits per heavy atom. The van der Waals surface area contributed by atoms with Crippen LogP contribution in [0.1, 0.15) is 38.5 Å². The van der Waals surface area contributed by atoms with Crippen molar-refractivity contribution >= 4 is 5.97 Å². The molecule has 1 aliphatic carbocycles. The smallest absolute Gasteiger partial charge is 0.310 e. The molecular weight excluding hydrogens is 178 g/mol. The van der Waals surface area contributed by atoms with Crippen LogP contribution < -0.4 is 5.32 Å². The fourth-order valence-electron chi connectivity index (χ4n) is 3.15. The Morgan fingerprint density at radius 2 is 1.79 bits per heavy atom. The van der Waals surface area contributed by atoms with E-state index in [4.69, 9.17) is 0 Å². The van der Waals surface area contributed by atoms with Crippen LogP contribution in [0.15, 0.2) is 0 Å². The van der Waals surface area contributed by atoms with Crippen molar-refractivity contribution in [3.63, 3.8) is 0 Å². The van der Waals surface area contributed by atoms with Crippen molar-refractivity contribution in [2.24, 2.45) is 11.3 Å². The fraction of sp³-hybridized carbons (Fsp3) is 0.909. The van der Waals surface area contributed by atoms with E-state index >= 15 is 0 Å². The minimum Gasteiger partial charge on any atom is -0.481 e. The highest BCUT2D eigenvalue weighted by Gasteiger charge is 2.46. The number of rotatable bonds is 2. The van der Waals surface area contributed by atoms with Gasteiger partial charge in [-0.3, -0.25) is 4.79 Å². The molecule has 1 saturated heterocycles. The molecule has 0 unspecified atom stereocenters. The summed E-state index contributed by atoms with van der Waals surface area (Å²) in [4.78, 5) is 11.4. The van der Waals surface area contributed by atoms with Gasteiger partial charge in [0, 0.05) is 0 Å². The maximum atomic E-state index is 11.4. The molecule has 2 aliphatic rings. The van der Waals surface area contributed by atoms with Crippen LogP contribution in [0.5, 0.6) is 0 Å². The molecular formula is C11H19NO2. The van der Waals surface area contributed by atoms with Crippen LogP contribution in [-0.2, 0) is 4.79 Å². The van der Waals surface area contributed by atoms with Crippen molar-refractivity contribution in [3.05, 3.63) is 0 Å². The average Bonchev–Trinajstić information content (AvgIpc) is 2.72. The van der Waals surface area contributed by atoms with Gasteiger partial charge in [0.05, 0.1) is 5.41 Å². The molecule has 0 radical (unpaired) electrons. The third-order valence-electron chi connectivity index (χ3n) is 4.06. The number of nitrogens with one attached hydrogen (secondary N) is 1. The summed E-state index contributed by atoms with van der Waals surface area (Å²) in [6.07, 6.45) is 6.37. The van der Waals surface area contributed by atoms with Gasteiger partial charge < -0.3 is 10.4 Å². The van der Waals surface area contributed by atoms with Crippen LogP contribution in [0.4, 0.5) is 0 Å². The van der Waals surface area contributed by atoms with Crippen molar-refractivity contribution in [2.75, 3.05) is 13.1 Å². The molecule has 3 heteroatoms. The van der Waals surface area contributed by atoms with E-state index in [2.05, 4.69) is 5.32 Å². The molecule has 1 saturated carbocycles. The summed E-state index contributed by atoms with van der Waals surface area (Å²) in [5, 5.41) is 12.7. The first-order valence-corrected chi connectivity index (χ1v) is 5.70. The Labute approximate surface area is 84.9 Å². The summed E-state index contributed by atoms with van der Waals surface area (Å²) in [5.41, 5.74) is -0.387. The third kappa shape index (κ3) is 1.54. The second-order valence-electron chi connectivity index (χ2n) is 4.69. The van der Waals surface area contributed by atoms with Gasteiger partial charge in [-0.2, -0.15) is 0 Å².